The van der Waals surface area contributed by atoms with E-state index in [0.29, 0.717) is 5.75 Å². The van der Waals surface area contributed by atoms with Crippen LogP contribution in [-0.2, 0) is 5.41 Å². The predicted molar refractivity (Wildman–Crippen MR) is 177 cm³/mol. The van der Waals surface area contributed by atoms with E-state index >= 15 is 0 Å². The van der Waals surface area contributed by atoms with Crippen LogP contribution in [0.4, 0.5) is 0 Å². The number of rotatable bonds is 4. The van der Waals surface area contributed by atoms with E-state index in [1.807, 2.05) is 31.2 Å². The summed E-state index contributed by atoms with van der Waals surface area (Å²) in [6.45, 7) is 4.26. The molecule has 0 aromatic heterocycles. The van der Waals surface area contributed by atoms with Gasteiger partial charge in [-0.15, -0.1) is 6.42 Å². The first-order valence-electron chi connectivity index (χ1n) is 13.0. The molecule has 0 saturated heterocycles. The second-order valence-corrected chi connectivity index (χ2v) is 8.62. The van der Waals surface area contributed by atoms with E-state index in [9.17, 15) is 0 Å². The van der Waals surface area contributed by atoms with E-state index in [2.05, 4.69) is 186 Å². The minimum atomic E-state index is -0.383. The van der Waals surface area contributed by atoms with Crippen molar-refractivity contribution in [1.82, 2.24) is 0 Å². The van der Waals surface area contributed by atoms with Gasteiger partial charge in [0.25, 0.3) is 0 Å². The molecule has 0 atom stereocenters. The van der Waals surface area contributed by atoms with Gasteiger partial charge < -0.3 is 4.74 Å². The molecule has 0 amide bonds. The van der Waals surface area contributed by atoms with Crippen LogP contribution in [0.2, 0.25) is 0 Å². The van der Waals surface area contributed by atoms with Crippen molar-refractivity contribution in [3.05, 3.63) is 101 Å². The monoisotopic (exact) mass is 552 g/mol. The van der Waals surface area contributed by atoms with Crippen molar-refractivity contribution in [2.45, 2.75) is 19.3 Å². The summed E-state index contributed by atoms with van der Waals surface area (Å²) in [6.07, 6.45) is 7.60. The Hall–Kier alpha value is -7.38. The van der Waals surface area contributed by atoms with E-state index in [1.54, 1.807) is 0 Å². The van der Waals surface area contributed by atoms with E-state index < -0.39 is 0 Å². The summed E-state index contributed by atoms with van der Waals surface area (Å²) >= 11 is 0. The van der Waals surface area contributed by atoms with Crippen LogP contribution in [0.3, 0.4) is 0 Å². The Morgan fingerprint density at radius 2 is 0.864 bits per heavy atom. The van der Waals surface area contributed by atoms with Gasteiger partial charge in [0.2, 0.25) is 0 Å². The van der Waals surface area contributed by atoms with Crippen LogP contribution in [0.1, 0.15) is 29.2 Å². The SMILES string of the molecule is C#CC#CC#CC#CC#CC#CC#CC#CC#CC#CC#COc1cc(C)cc(C(C)(c2ccccc2)c2ccccc2)c1. The third-order valence-electron chi connectivity index (χ3n) is 5.75. The molecule has 0 aliphatic rings. The zero-order valence-corrected chi connectivity index (χ0v) is 24.0. The number of terminal acetylenes is 1. The first kappa shape index (κ1) is 31.2. The molecular weight excluding hydrogens is 532 g/mol. The van der Waals surface area contributed by atoms with Crippen molar-refractivity contribution < 1.29 is 4.74 Å². The molecule has 3 aromatic rings. The number of hydrogen-bond acceptors (Lipinski definition) is 1. The molecule has 0 bridgehead atoms. The fourth-order valence-corrected chi connectivity index (χ4v) is 3.82. The third-order valence-corrected chi connectivity index (χ3v) is 5.75. The fourth-order valence-electron chi connectivity index (χ4n) is 3.82. The molecule has 0 unspecified atom stereocenters. The molecule has 0 fully saturated rings. The fraction of sp³-hybridized carbons (Fsp3) is 0.0698. The maximum Gasteiger partial charge on any atom is 0.140 e. The Kier molecular flexibility index (Phi) is 12.8. The summed E-state index contributed by atoms with van der Waals surface area (Å²) in [5, 5.41) is 0. The lowest BCUT2D eigenvalue weighted by atomic mass is 9.71. The number of benzene rings is 3. The normalized spacial score (nSPS) is 7.75. The lowest BCUT2D eigenvalue weighted by Crippen LogP contribution is -2.25. The largest absolute Gasteiger partial charge is 0.407 e. The van der Waals surface area contributed by atoms with E-state index in [1.165, 1.54) is 11.1 Å². The minimum absolute atomic E-state index is 0.383. The van der Waals surface area contributed by atoms with Gasteiger partial charge in [0, 0.05) is 76.5 Å². The molecule has 0 spiro atoms. The molecule has 0 radical (unpaired) electrons. The molecule has 0 aliphatic heterocycles. The summed E-state index contributed by atoms with van der Waals surface area (Å²) in [6, 6.07) is 27.0. The first-order chi connectivity index (χ1) is 21.6. The van der Waals surface area contributed by atoms with Gasteiger partial charge in [-0.3, -0.25) is 0 Å². The minimum Gasteiger partial charge on any atom is -0.407 e. The van der Waals surface area contributed by atoms with Crippen LogP contribution in [0.25, 0.3) is 0 Å². The van der Waals surface area contributed by atoms with Gasteiger partial charge in [-0.05, 0) is 95.6 Å². The standard InChI is InChI=1S/C43H20O/c1-4-5-6-7-8-9-10-11-12-13-14-15-16-17-18-19-20-21-22-29-34-44-42-36-38(2)35-41(37-42)43(3,39-30-25-23-26-31-39)40-32-27-24-28-33-40/h1,23-28,30-33,35-37H,2-3H3. The number of hydrogen-bond donors (Lipinski definition) is 0. The Balaban J connectivity index is 1.61. The highest BCUT2D eigenvalue weighted by Gasteiger charge is 2.31. The second kappa shape index (κ2) is 18.1. The summed E-state index contributed by atoms with van der Waals surface area (Å²) in [4.78, 5) is 0. The smallest absolute Gasteiger partial charge is 0.140 e. The van der Waals surface area contributed by atoms with Gasteiger partial charge in [-0.2, -0.15) is 0 Å². The molecule has 3 aromatic carbocycles. The molecule has 0 saturated carbocycles. The van der Waals surface area contributed by atoms with Crippen molar-refractivity contribution in [3.8, 4) is 137 Å². The van der Waals surface area contributed by atoms with Crippen molar-refractivity contribution in [1.29, 1.82) is 0 Å². The van der Waals surface area contributed by atoms with E-state index in [0.717, 1.165) is 11.1 Å². The molecule has 0 N–H and O–H groups in total. The van der Waals surface area contributed by atoms with Crippen LogP contribution in [-0.4, -0.2) is 0 Å². The molecule has 1 nitrogen and oxygen atoms in total. The quantitative estimate of drug-likeness (QED) is 0.313. The lowest BCUT2D eigenvalue weighted by molar-refractivity contribution is 0.516. The van der Waals surface area contributed by atoms with Crippen LogP contribution in [0.5, 0.6) is 5.75 Å². The van der Waals surface area contributed by atoms with Gasteiger partial charge in [0.1, 0.15) is 11.9 Å². The zero-order chi connectivity index (χ0) is 31.1. The maximum atomic E-state index is 5.73. The molecule has 44 heavy (non-hydrogen) atoms. The third kappa shape index (κ3) is 10.3. The predicted octanol–water partition coefficient (Wildman–Crippen LogP) is 5.35. The van der Waals surface area contributed by atoms with Crippen molar-refractivity contribution in [2.75, 3.05) is 0 Å². The van der Waals surface area contributed by atoms with Crippen molar-refractivity contribution in [3.63, 3.8) is 0 Å². The number of aryl methyl sites for hydroxylation is 1. The molecule has 1 heteroatoms. The maximum absolute atomic E-state index is 5.73. The highest BCUT2D eigenvalue weighted by molar-refractivity contribution is 5.53. The van der Waals surface area contributed by atoms with Gasteiger partial charge in [-0.1, -0.05) is 66.7 Å². The summed E-state index contributed by atoms with van der Waals surface area (Å²) in [5.41, 5.74) is 4.15. The Labute approximate surface area is 261 Å². The average molecular weight is 553 g/mol. The molecule has 3 rings (SSSR count). The van der Waals surface area contributed by atoms with Gasteiger partial charge in [0.15, 0.2) is 0 Å². The van der Waals surface area contributed by atoms with Crippen molar-refractivity contribution in [2.24, 2.45) is 0 Å². The molecular formula is C43H20O. The van der Waals surface area contributed by atoms with Crippen molar-refractivity contribution >= 4 is 0 Å². The molecule has 0 aliphatic carbocycles. The van der Waals surface area contributed by atoms with Gasteiger partial charge in [0.05, 0.1) is 0 Å². The topological polar surface area (TPSA) is 9.23 Å². The van der Waals surface area contributed by atoms with Crippen LogP contribution in [0, 0.1) is 138 Å². The molecule has 0 heterocycles. The first-order valence-corrected chi connectivity index (χ1v) is 13.0. The van der Waals surface area contributed by atoms with E-state index in [-0.39, 0.29) is 5.41 Å². The zero-order valence-electron chi connectivity index (χ0n) is 24.0. The molecule has 198 valence electrons. The average Bonchev–Trinajstić information content (AvgIpc) is 3.05. The van der Waals surface area contributed by atoms with Crippen LogP contribution < -0.4 is 4.74 Å². The highest BCUT2D eigenvalue weighted by atomic mass is 16.5. The van der Waals surface area contributed by atoms with E-state index in [4.69, 9.17) is 11.2 Å². The van der Waals surface area contributed by atoms with Gasteiger partial charge in [-0.25, -0.2) is 0 Å². The Morgan fingerprint density at radius 1 is 0.477 bits per heavy atom. The number of ether oxygens (including phenoxy) is 1. The Bertz CT molecular complexity index is 2170. The lowest BCUT2D eigenvalue weighted by Gasteiger charge is -2.32. The summed E-state index contributed by atoms with van der Waals surface area (Å²) in [5.74, 6) is 50.9. The Morgan fingerprint density at radius 3 is 1.27 bits per heavy atom. The summed E-state index contributed by atoms with van der Waals surface area (Å²) in [7, 11) is 0. The van der Waals surface area contributed by atoms with Crippen LogP contribution >= 0.6 is 0 Å². The van der Waals surface area contributed by atoms with Gasteiger partial charge >= 0.3 is 0 Å². The highest BCUT2D eigenvalue weighted by Crippen LogP contribution is 2.40. The van der Waals surface area contributed by atoms with Crippen LogP contribution in [0.15, 0.2) is 78.9 Å². The second-order valence-electron chi connectivity index (χ2n) is 8.62. The summed E-state index contributed by atoms with van der Waals surface area (Å²) < 4.78 is 5.73.